The minimum Gasteiger partial charge on any atom is -0.497 e. The lowest BCUT2D eigenvalue weighted by Crippen LogP contribution is -2.51. The molecule has 2 aliphatic rings. The first-order valence-corrected chi connectivity index (χ1v) is 15.4. The summed E-state index contributed by atoms with van der Waals surface area (Å²) in [5, 5.41) is 14.7. The van der Waals surface area contributed by atoms with Gasteiger partial charge in [-0.05, 0) is 67.9 Å². The molecule has 2 atom stereocenters. The Labute approximate surface area is 263 Å². The molecule has 0 unspecified atom stereocenters. The smallest absolute Gasteiger partial charge is 0.410 e. The van der Waals surface area contributed by atoms with E-state index >= 15 is 0 Å². The van der Waals surface area contributed by atoms with E-state index in [9.17, 15) is 29.1 Å². The minimum atomic E-state index is -1.32. The fourth-order valence-corrected chi connectivity index (χ4v) is 5.65. The Hall–Kier alpha value is -4.61. The van der Waals surface area contributed by atoms with E-state index in [4.69, 9.17) is 9.47 Å². The zero-order valence-electron chi connectivity index (χ0n) is 25.6. The van der Waals surface area contributed by atoms with Gasteiger partial charge in [0.15, 0.2) is 0 Å². The molecule has 2 aromatic rings. The van der Waals surface area contributed by atoms with Crippen molar-refractivity contribution in [1.82, 2.24) is 20.4 Å². The van der Waals surface area contributed by atoms with Crippen molar-refractivity contribution >= 4 is 29.8 Å². The van der Waals surface area contributed by atoms with Crippen molar-refractivity contribution in [1.29, 1.82) is 0 Å². The summed E-state index contributed by atoms with van der Waals surface area (Å²) >= 11 is 0. The third-order valence-electron chi connectivity index (χ3n) is 8.43. The Morgan fingerprint density at radius 1 is 0.933 bits per heavy atom. The topological polar surface area (TPSA) is 155 Å². The van der Waals surface area contributed by atoms with Gasteiger partial charge in [0.25, 0.3) is 5.91 Å². The van der Waals surface area contributed by atoms with Crippen LogP contribution < -0.4 is 15.4 Å². The Morgan fingerprint density at radius 3 is 2.31 bits per heavy atom. The molecule has 2 saturated heterocycles. The predicted octanol–water partition coefficient (Wildman–Crippen LogP) is 3.06. The number of methoxy groups -OCH3 is 1. The highest BCUT2D eigenvalue weighted by molar-refractivity contribution is 5.96. The first kappa shape index (κ1) is 33.3. The summed E-state index contributed by atoms with van der Waals surface area (Å²) in [6.07, 6.45) is 3.63. The molecule has 2 fully saturated rings. The van der Waals surface area contributed by atoms with Crippen LogP contribution in [0.3, 0.4) is 0 Å². The van der Waals surface area contributed by atoms with Gasteiger partial charge in [-0.2, -0.15) is 0 Å². The summed E-state index contributed by atoms with van der Waals surface area (Å²) in [6, 6.07) is 14.5. The number of carbonyl (C=O) groups is 5. The number of amides is 4. The number of ether oxygens (including phenoxy) is 2. The Morgan fingerprint density at radius 2 is 1.64 bits per heavy atom. The summed E-state index contributed by atoms with van der Waals surface area (Å²) in [6.45, 7) is 1.99. The molecule has 0 radical (unpaired) electrons. The third-order valence-corrected chi connectivity index (χ3v) is 8.43. The first-order valence-electron chi connectivity index (χ1n) is 15.4. The Balaban J connectivity index is 1.16. The molecule has 3 N–H and O–H groups in total. The lowest BCUT2D eigenvalue weighted by Gasteiger charge is -2.34. The summed E-state index contributed by atoms with van der Waals surface area (Å²) < 4.78 is 10.5. The van der Waals surface area contributed by atoms with E-state index in [-0.39, 0.29) is 43.2 Å². The Kier molecular flexibility index (Phi) is 12.2. The van der Waals surface area contributed by atoms with Gasteiger partial charge in [-0.25, -0.2) is 9.59 Å². The fourth-order valence-electron chi connectivity index (χ4n) is 5.65. The molecule has 242 valence electrons. The summed E-state index contributed by atoms with van der Waals surface area (Å²) in [7, 11) is 1.50. The van der Waals surface area contributed by atoms with Gasteiger partial charge in [0.2, 0.25) is 11.8 Å². The van der Waals surface area contributed by atoms with Crippen molar-refractivity contribution in [2.45, 2.75) is 51.2 Å². The van der Waals surface area contributed by atoms with Gasteiger partial charge >= 0.3 is 12.1 Å². The van der Waals surface area contributed by atoms with E-state index in [0.29, 0.717) is 57.0 Å². The van der Waals surface area contributed by atoms with Crippen LogP contribution in [0, 0.1) is 11.8 Å². The Bertz CT molecular complexity index is 1310. The van der Waals surface area contributed by atoms with Crippen LogP contribution in [0.4, 0.5) is 4.79 Å². The van der Waals surface area contributed by atoms with Crippen LogP contribution in [-0.4, -0.2) is 90.6 Å². The number of piperidine rings is 2. The predicted molar refractivity (Wildman–Crippen MR) is 164 cm³/mol. The van der Waals surface area contributed by atoms with Crippen molar-refractivity contribution in [3.05, 3.63) is 65.7 Å². The lowest BCUT2D eigenvalue weighted by atomic mass is 9.91. The summed E-state index contributed by atoms with van der Waals surface area (Å²) in [4.78, 5) is 66.1. The number of carbonyl (C=O) groups excluding carboxylic acids is 4. The van der Waals surface area contributed by atoms with Crippen LogP contribution in [0.15, 0.2) is 54.6 Å². The quantitative estimate of drug-likeness (QED) is 0.326. The van der Waals surface area contributed by atoms with Crippen LogP contribution in [0.25, 0.3) is 0 Å². The molecule has 12 heteroatoms. The molecule has 0 spiro atoms. The fraction of sp³-hybridized carbons (Fsp3) is 0.485. The second-order valence-corrected chi connectivity index (χ2v) is 11.5. The zero-order valence-corrected chi connectivity index (χ0v) is 25.6. The maximum Gasteiger partial charge on any atom is 0.410 e. The van der Waals surface area contributed by atoms with Crippen LogP contribution >= 0.6 is 0 Å². The molecule has 4 rings (SSSR count). The van der Waals surface area contributed by atoms with E-state index in [0.717, 1.165) is 18.4 Å². The average molecular weight is 623 g/mol. The van der Waals surface area contributed by atoms with Crippen molar-refractivity contribution in [3.8, 4) is 5.75 Å². The largest absolute Gasteiger partial charge is 0.497 e. The second kappa shape index (κ2) is 16.5. The molecule has 45 heavy (non-hydrogen) atoms. The number of rotatable bonds is 12. The monoisotopic (exact) mass is 622 g/mol. The van der Waals surface area contributed by atoms with Gasteiger partial charge in [0.1, 0.15) is 18.4 Å². The molecule has 0 bridgehead atoms. The van der Waals surface area contributed by atoms with Gasteiger partial charge < -0.3 is 35.0 Å². The van der Waals surface area contributed by atoms with Crippen molar-refractivity contribution in [2.75, 3.05) is 39.8 Å². The SMILES string of the molecule is COc1ccc(C(=O)N[C@@H](CNC(=O)[C@@H]2CCCN(C(=O)CCC3CCN(C(=O)OCc4ccccc4)CC3)C2)C(=O)O)cc1. The van der Waals surface area contributed by atoms with Crippen molar-refractivity contribution in [3.63, 3.8) is 0 Å². The number of carboxylic acids is 1. The highest BCUT2D eigenvalue weighted by atomic mass is 16.6. The van der Waals surface area contributed by atoms with E-state index in [1.807, 2.05) is 30.3 Å². The van der Waals surface area contributed by atoms with E-state index < -0.39 is 23.8 Å². The maximum atomic E-state index is 13.0. The molecule has 2 heterocycles. The number of aliphatic carboxylic acids is 1. The number of nitrogens with zero attached hydrogens (tertiary/aromatic N) is 2. The first-order chi connectivity index (χ1) is 21.7. The van der Waals surface area contributed by atoms with Crippen molar-refractivity contribution < 1.29 is 38.6 Å². The number of carboxylic acid groups (broad SMARTS) is 1. The third kappa shape index (κ3) is 9.95. The van der Waals surface area contributed by atoms with Crippen LogP contribution in [0.1, 0.15) is 54.4 Å². The van der Waals surface area contributed by atoms with E-state index in [2.05, 4.69) is 10.6 Å². The maximum absolute atomic E-state index is 13.0. The second-order valence-electron chi connectivity index (χ2n) is 11.5. The highest BCUT2D eigenvalue weighted by Crippen LogP contribution is 2.24. The number of hydrogen-bond donors (Lipinski definition) is 3. The normalized spacial score (nSPS) is 17.6. The molecule has 0 aliphatic carbocycles. The summed E-state index contributed by atoms with van der Waals surface area (Å²) in [5.74, 6) is -1.77. The zero-order chi connectivity index (χ0) is 32.2. The standard InChI is InChI=1S/C33H42N4O8/c1-44-27-12-10-25(11-13-27)31(40)35-28(32(41)42)20-34-30(39)26-8-5-17-37(21-26)29(38)14-9-23-15-18-36(19-16-23)33(43)45-22-24-6-3-2-4-7-24/h2-4,6-7,10-13,23,26,28H,5,8-9,14-22H2,1H3,(H,34,39)(H,35,40)(H,41,42)/t26-,28+/m1/s1. The lowest BCUT2D eigenvalue weighted by molar-refractivity contribution is -0.139. The van der Waals surface area contributed by atoms with Crippen LogP contribution in [0.5, 0.6) is 5.75 Å². The molecule has 2 aliphatic heterocycles. The molecule has 0 saturated carbocycles. The molecule has 12 nitrogen and oxygen atoms in total. The molecule has 0 aromatic heterocycles. The highest BCUT2D eigenvalue weighted by Gasteiger charge is 2.31. The molecule has 2 aromatic carbocycles. The van der Waals surface area contributed by atoms with Gasteiger partial charge in [-0.3, -0.25) is 14.4 Å². The number of benzene rings is 2. The number of nitrogens with one attached hydrogen (secondary N) is 2. The van der Waals surface area contributed by atoms with E-state index in [1.165, 1.54) is 19.2 Å². The molecule has 4 amide bonds. The van der Waals surface area contributed by atoms with Crippen LogP contribution in [0.2, 0.25) is 0 Å². The van der Waals surface area contributed by atoms with Gasteiger partial charge in [-0.1, -0.05) is 30.3 Å². The molecular weight excluding hydrogens is 580 g/mol. The van der Waals surface area contributed by atoms with Gasteiger partial charge in [-0.15, -0.1) is 0 Å². The number of hydrogen-bond acceptors (Lipinski definition) is 7. The van der Waals surface area contributed by atoms with E-state index in [1.54, 1.807) is 21.9 Å². The average Bonchev–Trinajstić information content (AvgIpc) is 3.08. The summed E-state index contributed by atoms with van der Waals surface area (Å²) in [5.41, 5.74) is 1.21. The molecular formula is C33H42N4O8. The number of likely N-dealkylation sites (tertiary alicyclic amines) is 2. The van der Waals surface area contributed by atoms with Crippen LogP contribution in [-0.2, 0) is 25.7 Å². The van der Waals surface area contributed by atoms with Gasteiger partial charge in [0.05, 0.1) is 13.0 Å². The minimum absolute atomic E-state index is 0.00707. The van der Waals surface area contributed by atoms with Crippen molar-refractivity contribution in [2.24, 2.45) is 11.8 Å². The van der Waals surface area contributed by atoms with Gasteiger partial charge in [0, 0.05) is 44.7 Å².